The van der Waals surface area contributed by atoms with Gasteiger partial charge in [0, 0.05) is 12.5 Å². The lowest BCUT2D eigenvalue weighted by molar-refractivity contribution is 0.289. The first-order valence-electron chi connectivity index (χ1n) is 6.39. The van der Waals surface area contributed by atoms with E-state index in [0.717, 1.165) is 43.3 Å². The lowest BCUT2D eigenvalue weighted by Crippen LogP contribution is -2.20. The van der Waals surface area contributed by atoms with Crippen molar-refractivity contribution in [3.63, 3.8) is 0 Å². The largest absolute Gasteiger partial charge is 0.490 e. The molecule has 0 aliphatic carbocycles. The highest BCUT2D eigenvalue weighted by Gasteiger charge is 2.17. The van der Waals surface area contributed by atoms with E-state index in [9.17, 15) is 0 Å². The van der Waals surface area contributed by atoms with Crippen molar-refractivity contribution in [1.29, 1.82) is 0 Å². The molecule has 0 aromatic heterocycles. The van der Waals surface area contributed by atoms with Crippen LogP contribution < -0.4 is 9.47 Å². The van der Waals surface area contributed by atoms with Crippen LogP contribution in [-0.4, -0.2) is 38.0 Å². The highest BCUT2D eigenvalue weighted by molar-refractivity contribution is 7.80. The van der Waals surface area contributed by atoms with Gasteiger partial charge >= 0.3 is 0 Å². The monoisotopic (exact) mass is 267 g/mol. The van der Waals surface area contributed by atoms with E-state index >= 15 is 0 Å². The quantitative estimate of drug-likeness (QED) is 0.848. The second-order valence-corrected chi connectivity index (χ2v) is 5.20. The molecule has 0 amide bonds. The van der Waals surface area contributed by atoms with Crippen LogP contribution in [0.3, 0.4) is 0 Å². The third kappa shape index (κ3) is 3.12. The van der Waals surface area contributed by atoms with Crippen molar-refractivity contribution in [2.24, 2.45) is 0 Å². The zero-order chi connectivity index (χ0) is 13.0. The topological polar surface area (TPSA) is 21.7 Å². The van der Waals surface area contributed by atoms with Gasteiger partial charge in [-0.25, -0.2) is 0 Å². The van der Waals surface area contributed by atoms with Gasteiger partial charge in [-0.1, -0.05) is 6.07 Å². The fourth-order valence-corrected chi connectivity index (χ4v) is 2.48. The summed E-state index contributed by atoms with van der Waals surface area (Å²) in [5, 5.41) is 0. The zero-order valence-corrected chi connectivity index (χ0v) is 12.0. The summed E-state index contributed by atoms with van der Waals surface area (Å²) in [4.78, 5) is 2.22. The van der Waals surface area contributed by atoms with E-state index in [-0.39, 0.29) is 0 Å². The van der Waals surface area contributed by atoms with E-state index in [2.05, 4.69) is 43.8 Å². The second-order valence-electron chi connectivity index (χ2n) is 4.75. The maximum atomic E-state index is 5.73. The van der Waals surface area contributed by atoms with Crippen LogP contribution in [0, 0.1) is 0 Å². The molecule has 0 bridgehead atoms. The lowest BCUT2D eigenvalue weighted by atomic mass is 10.0. The molecule has 3 nitrogen and oxygen atoms in total. The Kier molecular flexibility index (Phi) is 4.78. The molecule has 1 aromatic rings. The second kappa shape index (κ2) is 6.34. The SMILES string of the molecule is CN(C)C(CCS)c1ccc2c(c1)OCCCO2. The molecule has 1 unspecified atom stereocenters. The third-order valence-electron chi connectivity index (χ3n) is 3.18. The van der Waals surface area contributed by atoms with E-state index in [4.69, 9.17) is 9.47 Å². The van der Waals surface area contributed by atoms with Crippen molar-refractivity contribution >= 4 is 12.6 Å². The van der Waals surface area contributed by atoms with Gasteiger partial charge in [-0.3, -0.25) is 0 Å². The first-order chi connectivity index (χ1) is 8.72. The number of hydrogen-bond acceptors (Lipinski definition) is 4. The van der Waals surface area contributed by atoms with Gasteiger partial charge in [0.25, 0.3) is 0 Å². The van der Waals surface area contributed by atoms with Crippen LogP contribution >= 0.6 is 12.6 Å². The molecule has 1 heterocycles. The summed E-state index contributed by atoms with van der Waals surface area (Å²) in [5.74, 6) is 2.60. The lowest BCUT2D eigenvalue weighted by Gasteiger charge is -2.24. The van der Waals surface area contributed by atoms with Crippen LogP contribution in [0.2, 0.25) is 0 Å². The van der Waals surface area contributed by atoms with Crippen molar-refractivity contribution in [2.45, 2.75) is 18.9 Å². The number of benzene rings is 1. The van der Waals surface area contributed by atoms with Gasteiger partial charge in [0.2, 0.25) is 0 Å². The Balaban J connectivity index is 2.25. The summed E-state index contributed by atoms with van der Waals surface area (Å²) >= 11 is 4.34. The third-order valence-corrected chi connectivity index (χ3v) is 3.44. The van der Waals surface area contributed by atoms with Gasteiger partial charge < -0.3 is 14.4 Å². The van der Waals surface area contributed by atoms with Crippen molar-refractivity contribution in [2.75, 3.05) is 33.1 Å². The Morgan fingerprint density at radius 2 is 1.94 bits per heavy atom. The molecule has 0 saturated carbocycles. The Labute approximate surface area is 114 Å². The molecule has 1 aromatic carbocycles. The Morgan fingerprint density at radius 1 is 1.22 bits per heavy atom. The molecule has 1 aliphatic heterocycles. The fourth-order valence-electron chi connectivity index (χ4n) is 2.23. The molecular formula is C14H21NO2S. The summed E-state index contributed by atoms with van der Waals surface area (Å²) < 4.78 is 11.4. The van der Waals surface area contributed by atoms with Gasteiger partial charge in [0.1, 0.15) is 0 Å². The first-order valence-corrected chi connectivity index (χ1v) is 7.02. The van der Waals surface area contributed by atoms with Crippen LogP contribution in [0.4, 0.5) is 0 Å². The molecule has 0 saturated heterocycles. The van der Waals surface area contributed by atoms with Crippen molar-refractivity contribution in [3.05, 3.63) is 23.8 Å². The Bertz CT molecular complexity index is 395. The summed E-state index contributed by atoms with van der Waals surface area (Å²) in [6, 6.07) is 6.63. The molecular weight excluding hydrogens is 246 g/mol. The first kappa shape index (κ1) is 13.6. The maximum absolute atomic E-state index is 5.73. The molecule has 100 valence electrons. The smallest absolute Gasteiger partial charge is 0.161 e. The Morgan fingerprint density at radius 3 is 2.61 bits per heavy atom. The minimum Gasteiger partial charge on any atom is -0.490 e. The van der Waals surface area contributed by atoms with Crippen LogP contribution in [-0.2, 0) is 0 Å². The van der Waals surface area contributed by atoms with Crippen LogP contribution in [0.25, 0.3) is 0 Å². The number of ether oxygens (including phenoxy) is 2. The number of thiol groups is 1. The number of hydrogen-bond donors (Lipinski definition) is 1. The normalized spacial score (nSPS) is 16.4. The van der Waals surface area contributed by atoms with Crippen LogP contribution in [0.15, 0.2) is 18.2 Å². The van der Waals surface area contributed by atoms with Gasteiger partial charge in [-0.2, -0.15) is 12.6 Å². The molecule has 1 aliphatic rings. The molecule has 18 heavy (non-hydrogen) atoms. The Hall–Kier alpha value is -0.870. The summed E-state index contributed by atoms with van der Waals surface area (Å²) in [5.41, 5.74) is 1.26. The van der Waals surface area contributed by atoms with Crippen molar-refractivity contribution in [1.82, 2.24) is 4.90 Å². The van der Waals surface area contributed by atoms with Gasteiger partial charge in [-0.15, -0.1) is 0 Å². The van der Waals surface area contributed by atoms with Crippen LogP contribution in [0.1, 0.15) is 24.4 Å². The molecule has 0 fully saturated rings. The summed E-state index contributed by atoms with van der Waals surface area (Å²) in [6.45, 7) is 1.47. The number of rotatable bonds is 4. The van der Waals surface area contributed by atoms with E-state index in [1.54, 1.807) is 0 Å². The number of nitrogens with zero attached hydrogens (tertiary/aromatic N) is 1. The van der Waals surface area contributed by atoms with Gasteiger partial charge in [0.05, 0.1) is 13.2 Å². The van der Waals surface area contributed by atoms with E-state index in [0.29, 0.717) is 6.04 Å². The molecule has 0 radical (unpaired) electrons. The highest BCUT2D eigenvalue weighted by Crippen LogP contribution is 2.34. The molecule has 0 spiro atoms. The molecule has 1 atom stereocenters. The van der Waals surface area contributed by atoms with Gasteiger partial charge in [0.15, 0.2) is 11.5 Å². The van der Waals surface area contributed by atoms with E-state index < -0.39 is 0 Å². The fraction of sp³-hybridized carbons (Fsp3) is 0.571. The van der Waals surface area contributed by atoms with Crippen molar-refractivity contribution < 1.29 is 9.47 Å². The van der Waals surface area contributed by atoms with E-state index in [1.165, 1.54) is 5.56 Å². The maximum Gasteiger partial charge on any atom is 0.161 e. The minimum atomic E-state index is 0.375. The highest BCUT2D eigenvalue weighted by atomic mass is 32.1. The van der Waals surface area contributed by atoms with Gasteiger partial charge in [-0.05, 0) is 44.0 Å². The average Bonchev–Trinajstić information content (AvgIpc) is 2.59. The summed E-state index contributed by atoms with van der Waals surface area (Å²) in [6.07, 6.45) is 1.97. The summed E-state index contributed by atoms with van der Waals surface area (Å²) in [7, 11) is 4.19. The predicted octanol–water partition coefficient (Wildman–Crippen LogP) is 2.77. The van der Waals surface area contributed by atoms with Crippen LogP contribution in [0.5, 0.6) is 11.5 Å². The predicted molar refractivity (Wildman–Crippen MR) is 76.9 cm³/mol. The molecule has 0 N–H and O–H groups in total. The average molecular weight is 267 g/mol. The van der Waals surface area contributed by atoms with E-state index in [1.807, 2.05) is 6.07 Å². The van der Waals surface area contributed by atoms with Crippen molar-refractivity contribution in [3.8, 4) is 11.5 Å². The molecule has 2 rings (SSSR count). The minimum absolute atomic E-state index is 0.375. The molecule has 4 heteroatoms. The standard InChI is InChI=1S/C14H21NO2S/c1-15(2)12(6-9-18)11-4-5-13-14(10-11)17-8-3-7-16-13/h4-5,10,12,18H,3,6-9H2,1-2H3. The zero-order valence-electron chi connectivity index (χ0n) is 11.1. The number of fused-ring (bicyclic) bond motifs is 1.